The summed E-state index contributed by atoms with van der Waals surface area (Å²) in [7, 11) is 5.30. The van der Waals surface area contributed by atoms with Crippen molar-refractivity contribution in [2.24, 2.45) is 12.5 Å². The maximum absolute atomic E-state index is 13.1. The maximum Gasteiger partial charge on any atom is 0.319 e. The number of hydrogen-bond acceptors (Lipinski definition) is 3. The second-order valence-corrected chi connectivity index (χ2v) is 7.91. The van der Waals surface area contributed by atoms with Crippen LogP contribution in [0.2, 0.25) is 0 Å². The molecule has 8 heteroatoms. The fourth-order valence-corrected chi connectivity index (χ4v) is 4.21. The van der Waals surface area contributed by atoms with Crippen molar-refractivity contribution in [3.63, 3.8) is 0 Å². The molecule has 1 atom stereocenters. The molecule has 27 heavy (non-hydrogen) atoms. The third kappa shape index (κ3) is 3.65. The van der Waals surface area contributed by atoms with E-state index < -0.39 is 5.41 Å². The standard InChI is InChI=1S/C19H29N5O3/c1-5-22-12-19(11-16(22)25)13-23(17(26)15-7-6-8-21(15)4)9-10-24(14-19)18(27)20(2)3/h6-8H,5,9-14H2,1-4H3/t19-/m1/s1. The number of rotatable bonds is 2. The highest BCUT2D eigenvalue weighted by molar-refractivity contribution is 5.93. The Morgan fingerprint density at radius 2 is 1.81 bits per heavy atom. The molecule has 2 fully saturated rings. The van der Waals surface area contributed by atoms with Crippen LogP contribution in [0.25, 0.3) is 0 Å². The van der Waals surface area contributed by atoms with E-state index in [1.54, 1.807) is 34.5 Å². The number of carbonyl (C=O) groups excluding carboxylic acids is 3. The van der Waals surface area contributed by atoms with E-state index in [4.69, 9.17) is 0 Å². The van der Waals surface area contributed by atoms with Gasteiger partial charge in [0.1, 0.15) is 5.69 Å². The minimum absolute atomic E-state index is 0.0524. The van der Waals surface area contributed by atoms with Gasteiger partial charge in [0.25, 0.3) is 5.91 Å². The van der Waals surface area contributed by atoms with Crippen LogP contribution in [0.15, 0.2) is 18.3 Å². The van der Waals surface area contributed by atoms with Crippen molar-refractivity contribution in [1.82, 2.24) is 24.2 Å². The maximum atomic E-state index is 13.1. The first-order chi connectivity index (χ1) is 12.8. The summed E-state index contributed by atoms with van der Waals surface area (Å²) in [5.74, 6) is 0.0475. The van der Waals surface area contributed by atoms with Gasteiger partial charge in [-0.15, -0.1) is 0 Å². The van der Waals surface area contributed by atoms with Gasteiger partial charge in [0.15, 0.2) is 0 Å². The number of aryl methyl sites for hydroxylation is 1. The van der Waals surface area contributed by atoms with Gasteiger partial charge in [-0.2, -0.15) is 0 Å². The molecule has 0 saturated carbocycles. The van der Waals surface area contributed by atoms with Gasteiger partial charge in [-0.05, 0) is 19.1 Å². The van der Waals surface area contributed by atoms with Gasteiger partial charge >= 0.3 is 6.03 Å². The summed E-state index contributed by atoms with van der Waals surface area (Å²) in [6, 6.07) is 3.58. The highest BCUT2D eigenvalue weighted by atomic mass is 16.2. The Balaban J connectivity index is 1.90. The monoisotopic (exact) mass is 375 g/mol. The fourth-order valence-electron chi connectivity index (χ4n) is 4.21. The zero-order chi connectivity index (χ0) is 19.8. The fraction of sp³-hybridized carbons (Fsp3) is 0.632. The predicted octanol–water partition coefficient (Wildman–Crippen LogP) is 0.703. The van der Waals surface area contributed by atoms with E-state index in [1.807, 2.05) is 36.0 Å². The molecular formula is C19H29N5O3. The van der Waals surface area contributed by atoms with Crippen molar-refractivity contribution >= 4 is 17.8 Å². The molecular weight excluding hydrogens is 346 g/mol. The molecule has 1 spiro atoms. The van der Waals surface area contributed by atoms with Crippen molar-refractivity contribution in [3.05, 3.63) is 24.0 Å². The number of aromatic nitrogens is 1. The molecule has 0 radical (unpaired) electrons. The SMILES string of the molecule is CCN1C[C@]2(CC1=O)CN(C(=O)c1cccn1C)CCN(C(=O)N(C)C)C2. The Morgan fingerprint density at radius 3 is 2.37 bits per heavy atom. The molecule has 1 aromatic rings. The van der Waals surface area contributed by atoms with E-state index in [9.17, 15) is 14.4 Å². The molecule has 0 aliphatic carbocycles. The van der Waals surface area contributed by atoms with Crippen LogP contribution in [0.1, 0.15) is 23.8 Å². The minimum atomic E-state index is -0.421. The Kier molecular flexibility index (Phi) is 5.17. The van der Waals surface area contributed by atoms with Crippen molar-refractivity contribution in [3.8, 4) is 0 Å². The lowest BCUT2D eigenvalue weighted by Gasteiger charge is -2.34. The molecule has 2 saturated heterocycles. The van der Waals surface area contributed by atoms with Crippen LogP contribution >= 0.6 is 0 Å². The van der Waals surface area contributed by atoms with Gasteiger partial charge in [-0.3, -0.25) is 9.59 Å². The topological polar surface area (TPSA) is 69.1 Å². The van der Waals surface area contributed by atoms with Gasteiger partial charge in [0.05, 0.1) is 0 Å². The molecule has 4 amide bonds. The van der Waals surface area contributed by atoms with E-state index in [0.29, 0.717) is 51.4 Å². The summed E-state index contributed by atoms with van der Waals surface area (Å²) in [5, 5.41) is 0. The quantitative estimate of drug-likeness (QED) is 0.764. The number of hydrogen-bond donors (Lipinski definition) is 0. The molecule has 3 rings (SSSR count). The molecule has 148 valence electrons. The highest BCUT2D eigenvalue weighted by Crippen LogP contribution is 2.35. The summed E-state index contributed by atoms with van der Waals surface area (Å²) in [5.41, 5.74) is 0.199. The van der Waals surface area contributed by atoms with Crippen LogP contribution in [-0.4, -0.2) is 95.4 Å². The highest BCUT2D eigenvalue weighted by Gasteiger charge is 2.48. The van der Waals surface area contributed by atoms with Gasteiger partial charge < -0.3 is 24.2 Å². The summed E-state index contributed by atoms with van der Waals surface area (Å²) in [6.45, 7) is 5.09. The minimum Gasteiger partial charge on any atom is -0.347 e. The number of urea groups is 1. The summed E-state index contributed by atoms with van der Waals surface area (Å²) in [4.78, 5) is 45.2. The lowest BCUT2D eigenvalue weighted by Crippen LogP contribution is -2.47. The summed E-state index contributed by atoms with van der Waals surface area (Å²) in [6.07, 6.45) is 2.22. The third-order valence-electron chi connectivity index (χ3n) is 5.58. The number of nitrogens with zero attached hydrogens (tertiary/aromatic N) is 5. The average molecular weight is 375 g/mol. The first kappa shape index (κ1) is 19.3. The summed E-state index contributed by atoms with van der Waals surface area (Å²) < 4.78 is 1.81. The smallest absolute Gasteiger partial charge is 0.319 e. The molecule has 0 N–H and O–H groups in total. The molecule has 0 bridgehead atoms. The van der Waals surface area contributed by atoms with Crippen LogP contribution in [0.4, 0.5) is 4.79 Å². The van der Waals surface area contributed by atoms with Crippen LogP contribution in [0.3, 0.4) is 0 Å². The van der Waals surface area contributed by atoms with Crippen LogP contribution in [0.5, 0.6) is 0 Å². The van der Waals surface area contributed by atoms with E-state index in [0.717, 1.165) is 0 Å². The Bertz CT molecular complexity index is 743. The zero-order valence-electron chi connectivity index (χ0n) is 16.6. The predicted molar refractivity (Wildman–Crippen MR) is 101 cm³/mol. The third-order valence-corrected chi connectivity index (χ3v) is 5.58. The van der Waals surface area contributed by atoms with E-state index in [1.165, 1.54) is 0 Å². The molecule has 3 heterocycles. The second kappa shape index (κ2) is 7.25. The Hall–Kier alpha value is -2.51. The van der Waals surface area contributed by atoms with E-state index >= 15 is 0 Å². The number of amides is 4. The lowest BCUT2D eigenvalue weighted by atomic mass is 9.86. The van der Waals surface area contributed by atoms with Crippen LogP contribution < -0.4 is 0 Å². The molecule has 2 aliphatic heterocycles. The van der Waals surface area contributed by atoms with Crippen LogP contribution in [-0.2, 0) is 11.8 Å². The van der Waals surface area contributed by atoms with Crippen molar-refractivity contribution in [2.45, 2.75) is 13.3 Å². The molecule has 1 aromatic heterocycles. The Labute approximate surface area is 160 Å². The Morgan fingerprint density at radius 1 is 1.15 bits per heavy atom. The molecule has 8 nitrogen and oxygen atoms in total. The first-order valence-corrected chi connectivity index (χ1v) is 9.41. The van der Waals surface area contributed by atoms with Gasteiger partial charge in [0, 0.05) is 78.4 Å². The normalized spacial score (nSPS) is 23.1. The van der Waals surface area contributed by atoms with Gasteiger partial charge in [0.2, 0.25) is 5.91 Å². The van der Waals surface area contributed by atoms with E-state index in [2.05, 4.69) is 0 Å². The van der Waals surface area contributed by atoms with Gasteiger partial charge in [-0.25, -0.2) is 4.79 Å². The number of likely N-dealkylation sites (tertiary alicyclic amines) is 1. The van der Waals surface area contributed by atoms with Gasteiger partial charge in [-0.1, -0.05) is 0 Å². The zero-order valence-corrected chi connectivity index (χ0v) is 16.6. The molecule has 0 unspecified atom stereocenters. The average Bonchev–Trinajstić information content (AvgIpc) is 3.12. The lowest BCUT2D eigenvalue weighted by molar-refractivity contribution is -0.127. The molecule has 0 aromatic carbocycles. The van der Waals surface area contributed by atoms with E-state index in [-0.39, 0.29) is 17.8 Å². The van der Waals surface area contributed by atoms with Crippen molar-refractivity contribution < 1.29 is 14.4 Å². The van der Waals surface area contributed by atoms with Crippen molar-refractivity contribution in [1.29, 1.82) is 0 Å². The largest absolute Gasteiger partial charge is 0.347 e. The van der Waals surface area contributed by atoms with Crippen molar-refractivity contribution in [2.75, 3.05) is 53.4 Å². The summed E-state index contributed by atoms with van der Waals surface area (Å²) >= 11 is 0. The second-order valence-electron chi connectivity index (χ2n) is 7.91. The molecule has 2 aliphatic rings. The first-order valence-electron chi connectivity index (χ1n) is 9.41. The number of carbonyl (C=O) groups is 3. The van der Waals surface area contributed by atoms with Crippen LogP contribution in [0, 0.1) is 5.41 Å².